The number of hydrogen-bond acceptors (Lipinski definition) is 7. The van der Waals surface area contributed by atoms with E-state index in [0.717, 1.165) is 56.1 Å². The molecule has 0 radical (unpaired) electrons. The Kier molecular flexibility index (Phi) is 23.5. The summed E-state index contributed by atoms with van der Waals surface area (Å²) in [7, 11) is 0. The summed E-state index contributed by atoms with van der Waals surface area (Å²) in [5.41, 5.74) is 10.2. The highest BCUT2D eigenvalue weighted by Crippen LogP contribution is 2.11. The Bertz CT molecular complexity index is 1340. The topological polar surface area (TPSA) is 184 Å². The molecular weight excluding hydrogens is 662 g/mol. The van der Waals surface area contributed by atoms with Gasteiger partial charge in [0.05, 0.1) is 13.2 Å². The van der Waals surface area contributed by atoms with Gasteiger partial charge in [-0.2, -0.15) is 0 Å². The van der Waals surface area contributed by atoms with Gasteiger partial charge in [-0.15, -0.1) is 0 Å². The molecule has 0 bridgehead atoms. The number of hydrogen-bond donors (Lipinski definition) is 4. The molecular formula is C39H59N7O6. The highest BCUT2D eigenvalue weighted by atomic mass is 16.5. The average Bonchev–Trinajstić information content (AvgIpc) is 3.14. The van der Waals surface area contributed by atoms with E-state index in [-0.39, 0.29) is 44.0 Å². The van der Waals surface area contributed by atoms with E-state index in [4.69, 9.17) is 15.0 Å². The number of carbonyl (C=O) groups is 4. The van der Waals surface area contributed by atoms with Crippen molar-refractivity contribution in [1.29, 1.82) is 0 Å². The molecule has 0 saturated carbocycles. The maximum atomic E-state index is 13.6. The van der Waals surface area contributed by atoms with Crippen LogP contribution in [0.4, 0.5) is 4.79 Å². The molecule has 0 fully saturated rings. The Morgan fingerprint density at radius 3 is 1.96 bits per heavy atom. The first-order valence-electron chi connectivity index (χ1n) is 18.7. The van der Waals surface area contributed by atoms with Crippen molar-refractivity contribution in [2.75, 3.05) is 26.2 Å². The molecule has 13 nitrogen and oxygen atoms in total. The predicted octanol–water partition coefficient (Wildman–Crippen LogP) is 6.86. The standard InChI is InChI=1S/C39H59N7O6/c1-31(2)27-42-37(48)34(23-16-18-25-41-39(50)52-29-33-21-13-10-14-22-33)45-38(49)35(30-51-28-32-19-11-9-12-20-32)44-36(47)24-15-7-5-3-4-6-8-17-26-43-46-40/h9-14,19-22,31,34-35H,3-8,15-18,23-30H2,1-2H3,(H,41,50)(H,42,48)(H,44,47)(H,45,49)/t34-,35-/m0/s1. The minimum absolute atomic E-state index is 0.0541. The Morgan fingerprint density at radius 1 is 0.712 bits per heavy atom. The van der Waals surface area contributed by atoms with Crippen molar-refractivity contribution < 1.29 is 28.7 Å². The molecule has 0 aliphatic carbocycles. The third-order valence-electron chi connectivity index (χ3n) is 8.24. The van der Waals surface area contributed by atoms with Crippen molar-refractivity contribution in [2.24, 2.45) is 11.0 Å². The van der Waals surface area contributed by atoms with Crippen LogP contribution in [0.25, 0.3) is 10.4 Å². The Morgan fingerprint density at radius 2 is 1.33 bits per heavy atom. The van der Waals surface area contributed by atoms with E-state index < -0.39 is 24.1 Å². The zero-order valence-electron chi connectivity index (χ0n) is 31.0. The van der Waals surface area contributed by atoms with Crippen molar-refractivity contribution in [3.05, 3.63) is 82.2 Å². The second-order valence-electron chi connectivity index (χ2n) is 13.3. The summed E-state index contributed by atoms with van der Waals surface area (Å²) in [5, 5.41) is 14.9. The van der Waals surface area contributed by atoms with Gasteiger partial charge in [0.15, 0.2) is 0 Å². The molecule has 13 heteroatoms. The van der Waals surface area contributed by atoms with Crippen LogP contribution in [0.5, 0.6) is 0 Å². The number of nitrogens with zero attached hydrogens (tertiary/aromatic N) is 3. The van der Waals surface area contributed by atoms with Gasteiger partial charge in [0.1, 0.15) is 18.7 Å². The minimum atomic E-state index is -0.983. The van der Waals surface area contributed by atoms with Gasteiger partial charge in [0.25, 0.3) is 0 Å². The molecule has 0 spiro atoms. The Labute approximate surface area is 309 Å². The van der Waals surface area contributed by atoms with Gasteiger partial charge in [-0.3, -0.25) is 14.4 Å². The van der Waals surface area contributed by atoms with E-state index in [0.29, 0.717) is 45.3 Å². The molecule has 0 aliphatic heterocycles. The van der Waals surface area contributed by atoms with Gasteiger partial charge in [-0.05, 0) is 54.7 Å². The molecule has 0 aromatic heterocycles. The lowest BCUT2D eigenvalue weighted by molar-refractivity contribution is -0.133. The van der Waals surface area contributed by atoms with Crippen LogP contribution in [-0.2, 0) is 37.1 Å². The average molecular weight is 722 g/mol. The van der Waals surface area contributed by atoms with Crippen molar-refractivity contribution >= 4 is 23.8 Å². The molecule has 0 heterocycles. The van der Waals surface area contributed by atoms with E-state index in [9.17, 15) is 19.2 Å². The van der Waals surface area contributed by atoms with Crippen LogP contribution in [0.15, 0.2) is 65.8 Å². The van der Waals surface area contributed by atoms with E-state index >= 15 is 0 Å². The van der Waals surface area contributed by atoms with Gasteiger partial charge in [-0.1, -0.05) is 118 Å². The van der Waals surface area contributed by atoms with Crippen molar-refractivity contribution in [1.82, 2.24) is 21.3 Å². The van der Waals surface area contributed by atoms with Crippen LogP contribution in [0.1, 0.15) is 102 Å². The summed E-state index contributed by atoms with van der Waals surface area (Å²) in [4.78, 5) is 54.7. The number of nitrogens with one attached hydrogen (secondary N) is 4. The maximum Gasteiger partial charge on any atom is 0.407 e. The zero-order valence-corrected chi connectivity index (χ0v) is 31.0. The molecule has 2 aromatic rings. The number of benzene rings is 2. The quantitative estimate of drug-likeness (QED) is 0.0322. The molecule has 4 N–H and O–H groups in total. The van der Waals surface area contributed by atoms with Gasteiger partial charge in [-0.25, -0.2) is 4.79 Å². The molecule has 4 amide bonds. The summed E-state index contributed by atoms with van der Waals surface area (Å²) in [6.07, 6.45) is 9.09. The van der Waals surface area contributed by atoms with Gasteiger partial charge >= 0.3 is 6.09 Å². The van der Waals surface area contributed by atoms with Crippen molar-refractivity contribution in [3.63, 3.8) is 0 Å². The van der Waals surface area contributed by atoms with E-state index in [1.807, 2.05) is 74.5 Å². The summed E-state index contributed by atoms with van der Waals surface area (Å²) in [6.45, 7) is 5.72. The highest BCUT2D eigenvalue weighted by molar-refractivity contribution is 5.92. The van der Waals surface area contributed by atoms with Crippen molar-refractivity contribution in [3.8, 4) is 0 Å². The molecule has 0 unspecified atom stereocenters. The second kappa shape index (κ2) is 28.0. The summed E-state index contributed by atoms with van der Waals surface area (Å²) in [5.74, 6) is -0.815. The lowest BCUT2D eigenvalue weighted by atomic mass is 10.1. The fourth-order valence-electron chi connectivity index (χ4n) is 5.30. The van der Waals surface area contributed by atoms with Crippen LogP contribution >= 0.6 is 0 Å². The Balaban J connectivity index is 1.88. The summed E-state index contributed by atoms with van der Waals surface area (Å²) >= 11 is 0. The van der Waals surface area contributed by atoms with Crippen LogP contribution in [0.2, 0.25) is 0 Å². The third-order valence-corrected chi connectivity index (χ3v) is 8.24. The SMILES string of the molecule is CC(C)CNC(=O)[C@H](CCCCNC(=O)OCc1ccccc1)NC(=O)[C@H](COCc1ccccc1)NC(=O)CCCCCCCCCCN=[N+]=[N-]. The van der Waals surface area contributed by atoms with Crippen LogP contribution in [0.3, 0.4) is 0 Å². The number of alkyl carbamates (subject to hydrolysis) is 1. The number of unbranched alkanes of at least 4 members (excludes halogenated alkanes) is 8. The normalized spacial score (nSPS) is 11.9. The Hall–Kier alpha value is -4.61. The fraction of sp³-hybridized carbons (Fsp3) is 0.590. The van der Waals surface area contributed by atoms with Gasteiger partial charge in [0, 0.05) is 31.0 Å². The second-order valence-corrected chi connectivity index (χ2v) is 13.3. The molecule has 286 valence electrons. The first kappa shape index (κ1) is 43.6. The molecule has 2 rings (SSSR count). The zero-order chi connectivity index (χ0) is 37.7. The molecule has 2 atom stereocenters. The predicted molar refractivity (Wildman–Crippen MR) is 202 cm³/mol. The van der Waals surface area contributed by atoms with E-state index in [1.54, 1.807) is 0 Å². The number of rotatable bonds is 28. The van der Waals surface area contributed by atoms with Crippen LogP contribution in [-0.4, -0.2) is 62.1 Å². The fourth-order valence-corrected chi connectivity index (χ4v) is 5.30. The third kappa shape index (κ3) is 21.6. The highest BCUT2D eigenvalue weighted by Gasteiger charge is 2.27. The lowest BCUT2D eigenvalue weighted by Gasteiger charge is -2.24. The largest absolute Gasteiger partial charge is 0.445 e. The smallest absolute Gasteiger partial charge is 0.407 e. The van der Waals surface area contributed by atoms with Gasteiger partial charge < -0.3 is 30.7 Å². The monoisotopic (exact) mass is 721 g/mol. The first-order valence-corrected chi connectivity index (χ1v) is 18.7. The molecule has 0 aliphatic rings. The summed E-state index contributed by atoms with van der Waals surface area (Å²) < 4.78 is 11.1. The maximum absolute atomic E-state index is 13.6. The summed E-state index contributed by atoms with van der Waals surface area (Å²) in [6, 6.07) is 17.1. The van der Waals surface area contributed by atoms with E-state index in [2.05, 4.69) is 31.3 Å². The van der Waals surface area contributed by atoms with Crippen LogP contribution in [0, 0.1) is 5.92 Å². The van der Waals surface area contributed by atoms with Gasteiger partial charge in [0.2, 0.25) is 17.7 Å². The first-order chi connectivity index (χ1) is 25.3. The lowest BCUT2D eigenvalue weighted by Crippen LogP contribution is -2.55. The number of amides is 4. The molecule has 52 heavy (non-hydrogen) atoms. The molecule has 2 aromatic carbocycles. The number of carbonyl (C=O) groups excluding carboxylic acids is 4. The number of ether oxygens (including phenoxy) is 2. The minimum Gasteiger partial charge on any atom is -0.445 e. The van der Waals surface area contributed by atoms with E-state index in [1.165, 1.54) is 0 Å². The van der Waals surface area contributed by atoms with Crippen molar-refractivity contribution in [2.45, 2.75) is 116 Å². The number of azide groups is 1. The molecule has 0 saturated heterocycles. The van der Waals surface area contributed by atoms with Crippen LogP contribution < -0.4 is 21.3 Å².